The predicted molar refractivity (Wildman–Crippen MR) is 113 cm³/mol. The zero-order chi connectivity index (χ0) is 19.4. The van der Waals surface area contributed by atoms with Gasteiger partial charge >= 0.3 is 0 Å². The summed E-state index contributed by atoms with van der Waals surface area (Å²) in [6, 6.07) is 10.2. The first-order valence-electron chi connectivity index (χ1n) is 9.35. The molecule has 0 N–H and O–H groups in total. The maximum Gasteiger partial charge on any atom is 0.134 e. The molecule has 1 aromatic heterocycles. The van der Waals surface area contributed by atoms with Gasteiger partial charge in [-0.3, -0.25) is 0 Å². The fraction of sp³-hybridized carbons (Fsp3) is 0.391. The van der Waals surface area contributed by atoms with E-state index in [-0.39, 0.29) is 0 Å². The van der Waals surface area contributed by atoms with Gasteiger partial charge in [0.15, 0.2) is 0 Å². The Labute approximate surface area is 166 Å². The Morgan fingerprint density at radius 1 is 1.41 bits per heavy atom. The van der Waals surface area contributed by atoms with Crippen molar-refractivity contribution < 1.29 is 4.74 Å². The van der Waals surface area contributed by atoms with Crippen molar-refractivity contribution in [3.8, 4) is 11.8 Å². The molecule has 0 saturated carbocycles. The maximum atomic E-state index is 9.68. The molecule has 0 aliphatic heterocycles. The van der Waals surface area contributed by atoms with Gasteiger partial charge in [-0.1, -0.05) is 45.6 Å². The smallest absolute Gasteiger partial charge is 0.134 e. The summed E-state index contributed by atoms with van der Waals surface area (Å²) in [5.41, 5.74) is 3.24. The van der Waals surface area contributed by atoms with Crippen LogP contribution in [0.1, 0.15) is 48.8 Å². The molecular weight excluding hydrogens is 352 g/mol. The van der Waals surface area contributed by atoms with Gasteiger partial charge in [0.05, 0.1) is 5.56 Å². The number of nitriles is 1. The number of aliphatic imine (C=N–C) groups is 1. The van der Waals surface area contributed by atoms with Gasteiger partial charge in [0.25, 0.3) is 0 Å². The number of fused-ring (bicyclic) bond motifs is 1. The summed E-state index contributed by atoms with van der Waals surface area (Å²) in [5, 5.41) is 10.5. The highest BCUT2D eigenvalue weighted by Gasteiger charge is 2.32. The van der Waals surface area contributed by atoms with Gasteiger partial charge in [-0.2, -0.15) is 5.26 Å². The quantitative estimate of drug-likeness (QED) is 0.467. The molecule has 1 aliphatic carbocycles. The molecule has 0 saturated heterocycles. The number of rotatable bonds is 5. The van der Waals surface area contributed by atoms with Crippen molar-refractivity contribution >= 4 is 22.6 Å². The van der Waals surface area contributed by atoms with Crippen LogP contribution in [0.3, 0.4) is 0 Å². The van der Waals surface area contributed by atoms with Crippen LogP contribution in [0.15, 0.2) is 41.9 Å². The molecule has 0 fully saturated rings. The van der Waals surface area contributed by atoms with Gasteiger partial charge in [-0.05, 0) is 53.9 Å². The monoisotopic (exact) mass is 378 g/mol. The lowest BCUT2D eigenvalue weighted by Crippen LogP contribution is -2.26. The van der Waals surface area contributed by atoms with Gasteiger partial charge in [0.2, 0.25) is 0 Å². The average molecular weight is 379 g/mol. The minimum absolute atomic E-state index is 0.295. The molecule has 0 bridgehead atoms. The summed E-state index contributed by atoms with van der Waals surface area (Å²) in [6.07, 6.45) is 6.73. The molecule has 140 valence electrons. The summed E-state index contributed by atoms with van der Waals surface area (Å²) in [5.74, 6) is 1.45. The molecule has 0 spiro atoms. The molecule has 0 amide bonds. The lowest BCUT2D eigenvalue weighted by atomic mass is 9.72. The second kappa shape index (κ2) is 8.10. The largest absolute Gasteiger partial charge is 0.490 e. The number of hydrogen-bond donors (Lipinski definition) is 0. The van der Waals surface area contributed by atoms with E-state index in [4.69, 9.17) is 4.74 Å². The number of benzene rings is 1. The molecule has 1 atom stereocenters. The van der Waals surface area contributed by atoms with Gasteiger partial charge in [0, 0.05) is 11.1 Å². The molecular formula is C23H26N2OS. The molecule has 1 heterocycles. The van der Waals surface area contributed by atoms with Crippen LogP contribution in [-0.2, 0) is 12.8 Å². The van der Waals surface area contributed by atoms with E-state index in [1.807, 2.05) is 30.5 Å². The topological polar surface area (TPSA) is 45.4 Å². The molecule has 27 heavy (non-hydrogen) atoms. The van der Waals surface area contributed by atoms with Crippen LogP contribution in [0.5, 0.6) is 5.75 Å². The first kappa shape index (κ1) is 19.4. The number of thiophene rings is 1. The van der Waals surface area contributed by atoms with Crippen LogP contribution in [0.2, 0.25) is 0 Å². The molecule has 0 radical (unpaired) electrons. The summed E-state index contributed by atoms with van der Waals surface area (Å²) in [4.78, 5) is 6.00. The van der Waals surface area contributed by atoms with E-state index in [0.717, 1.165) is 41.1 Å². The first-order valence-corrected chi connectivity index (χ1v) is 10.2. The fourth-order valence-corrected chi connectivity index (χ4v) is 4.71. The third-order valence-electron chi connectivity index (χ3n) is 5.14. The average Bonchev–Trinajstić information content (AvgIpc) is 3.01. The SMILES string of the molecule is C=CCOc1cccc(/C=N/c2sc3c(c2C#N)CCC(C(C)(C)C)C3)c1. The van der Waals surface area contributed by atoms with E-state index in [1.165, 1.54) is 10.4 Å². The first-order chi connectivity index (χ1) is 12.9. The highest BCUT2D eigenvalue weighted by Crippen LogP contribution is 2.44. The Morgan fingerprint density at radius 3 is 2.93 bits per heavy atom. The summed E-state index contributed by atoms with van der Waals surface area (Å²) >= 11 is 1.68. The van der Waals surface area contributed by atoms with Crippen LogP contribution in [0.25, 0.3) is 0 Å². The Balaban J connectivity index is 1.84. The molecule has 4 heteroatoms. The van der Waals surface area contributed by atoms with Crippen LogP contribution < -0.4 is 4.74 Å². The van der Waals surface area contributed by atoms with Crippen LogP contribution in [0, 0.1) is 22.7 Å². The molecule has 1 aromatic carbocycles. The van der Waals surface area contributed by atoms with E-state index in [1.54, 1.807) is 17.4 Å². The highest BCUT2D eigenvalue weighted by atomic mass is 32.1. The van der Waals surface area contributed by atoms with E-state index in [0.29, 0.717) is 17.9 Å². The number of ether oxygens (including phenoxy) is 1. The number of nitrogens with zero attached hydrogens (tertiary/aromatic N) is 2. The van der Waals surface area contributed by atoms with Crippen molar-refractivity contribution in [2.45, 2.75) is 40.0 Å². The normalized spacial score (nSPS) is 16.7. The number of hydrogen-bond acceptors (Lipinski definition) is 4. The predicted octanol–water partition coefficient (Wildman–Crippen LogP) is 6.09. The minimum Gasteiger partial charge on any atom is -0.490 e. The van der Waals surface area contributed by atoms with E-state index >= 15 is 0 Å². The molecule has 3 rings (SSSR count). The van der Waals surface area contributed by atoms with E-state index in [2.05, 4.69) is 38.4 Å². The Bertz CT molecular complexity index is 896. The highest BCUT2D eigenvalue weighted by molar-refractivity contribution is 7.16. The van der Waals surface area contributed by atoms with Crippen molar-refractivity contribution in [3.63, 3.8) is 0 Å². The summed E-state index contributed by atoms with van der Waals surface area (Å²) in [6.45, 7) is 11.1. The van der Waals surface area contributed by atoms with Gasteiger partial charge in [-0.15, -0.1) is 11.3 Å². The van der Waals surface area contributed by atoms with Crippen molar-refractivity contribution in [2.75, 3.05) is 6.61 Å². The van der Waals surface area contributed by atoms with Gasteiger partial charge in [-0.25, -0.2) is 4.99 Å². The summed E-state index contributed by atoms with van der Waals surface area (Å²) in [7, 11) is 0. The molecule has 1 aliphatic rings. The van der Waals surface area contributed by atoms with Crippen LogP contribution in [0.4, 0.5) is 5.00 Å². The van der Waals surface area contributed by atoms with E-state index < -0.39 is 0 Å². The standard InChI is InChI=1S/C23H26N2OS/c1-5-11-26-18-8-6-7-16(12-18)15-25-22-20(14-24)19-10-9-17(23(2,3)4)13-21(19)27-22/h5-8,12,15,17H,1,9-11,13H2,2-4H3/b25-15+. The Kier molecular flexibility index (Phi) is 5.82. The van der Waals surface area contributed by atoms with Crippen molar-refractivity contribution in [3.05, 3.63) is 58.5 Å². The lowest BCUT2D eigenvalue weighted by Gasteiger charge is -2.33. The molecule has 1 unspecified atom stereocenters. The lowest BCUT2D eigenvalue weighted by molar-refractivity contribution is 0.218. The second-order valence-corrected chi connectivity index (χ2v) is 9.12. The van der Waals surface area contributed by atoms with Crippen molar-refractivity contribution in [1.82, 2.24) is 0 Å². The summed E-state index contributed by atoms with van der Waals surface area (Å²) < 4.78 is 5.57. The minimum atomic E-state index is 0.295. The van der Waals surface area contributed by atoms with Gasteiger partial charge < -0.3 is 4.74 Å². The second-order valence-electron chi connectivity index (χ2n) is 8.03. The van der Waals surface area contributed by atoms with Crippen LogP contribution >= 0.6 is 11.3 Å². The maximum absolute atomic E-state index is 9.68. The van der Waals surface area contributed by atoms with Crippen molar-refractivity contribution in [2.24, 2.45) is 16.3 Å². The third kappa shape index (κ3) is 4.48. The molecule has 3 nitrogen and oxygen atoms in total. The van der Waals surface area contributed by atoms with Crippen molar-refractivity contribution in [1.29, 1.82) is 5.26 Å². The zero-order valence-corrected chi connectivity index (χ0v) is 17.1. The zero-order valence-electron chi connectivity index (χ0n) is 16.3. The Morgan fingerprint density at radius 2 is 2.22 bits per heavy atom. The Hall–Kier alpha value is -2.38. The molecule has 2 aromatic rings. The van der Waals surface area contributed by atoms with Gasteiger partial charge in [0.1, 0.15) is 23.4 Å². The van der Waals surface area contributed by atoms with Crippen LogP contribution in [-0.4, -0.2) is 12.8 Å². The fourth-order valence-electron chi connectivity index (χ4n) is 3.49. The van der Waals surface area contributed by atoms with E-state index in [9.17, 15) is 5.26 Å². The third-order valence-corrected chi connectivity index (χ3v) is 6.30.